The van der Waals surface area contributed by atoms with Gasteiger partial charge >= 0.3 is 12.4 Å². The molecule has 5 rings (SSSR count). The Bertz CT molecular complexity index is 2380. The molecular weight excluding hydrogens is 646 g/mol. The Balaban J connectivity index is 1.80. The summed E-state index contributed by atoms with van der Waals surface area (Å²) in [4.78, 5) is 18.5. The van der Waals surface area contributed by atoms with Gasteiger partial charge in [0.25, 0.3) is 0 Å². The van der Waals surface area contributed by atoms with Crippen LogP contribution in [-0.4, -0.2) is 26.1 Å². The summed E-state index contributed by atoms with van der Waals surface area (Å²) in [5.74, 6) is 0. The average Bonchev–Trinajstić information content (AvgIpc) is 3.32. The van der Waals surface area contributed by atoms with E-state index in [1.165, 1.54) is 51.1 Å². The van der Waals surface area contributed by atoms with Gasteiger partial charge in [-0.05, 0) is 56.7 Å². The van der Waals surface area contributed by atoms with Gasteiger partial charge in [0, 0.05) is 22.3 Å². The molecule has 0 atom stereocenters. The smallest absolute Gasteiger partial charge is 0.244 e. The van der Waals surface area contributed by atoms with E-state index < -0.39 is 23.5 Å². The maximum atomic E-state index is 13.5. The molecule has 0 bridgehead atoms. The van der Waals surface area contributed by atoms with Crippen LogP contribution >= 0.6 is 0 Å². The third-order valence-electron chi connectivity index (χ3n) is 7.70. The molecule has 0 saturated heterocycles. The predicted molar refractivity (Wildman–Crippen MR) is 167 cm³/mol. The highest BCUT2D eigenvalue weighted by Gasteiger charge is 2.33. The first-order chi connectivity index (χ1) is 23.2. The summed E-state index contributed by atoms with van der Waals surface area (Å²) >= 11 is 0. The number of rotatable bonds is 4. The minimum absolute atomic E-state index is 0.0436. The molecule has 2 aromatic heterocycles. The topological polar surface area (TPSA) is 147 Å². The summed E-state index contributed by atoms with van der Waals surface area (Å²) in [7, 11) is 0. The predicted octanol–water partition coefficient (Wildman–Crippen LogP) is 8.73. The van der Waals surface area contributed by atoms with Crippen LogP contribution in [0.5, 0.6) is 0 Å². The molecule has 0 aliphatic heterocycles. The number of nitriles is 4. The van der Waals surface area contributed by atoms with Gasteiger partial charge in [0.2, 0.25) is 0 Å². The Morgan fingerprint density at radius 1 is 0.735 bits per heavy atom. The van der Waals surface area contributed by atoms with Gasteiger partial charge in [-0.3, -0.25) is 0 Å². The van der Waals surface area contributed by atoms with E-state index in [9.17, 15) is 47.4 Å². The largest absolute Gasteiger partial charge is 0.416 e. The number of fused-ring (bicyclic) bond motifs is 3. The first-order valence-corrected chi connectivity index (χ1v) is 14.1. The van der Waals surface area contributed by atoms with E-state index in [0.717, 1.165) is 24.3 Å². The zero-order valence-electron chi connectivity index (χ0n) is 25.5. The Morgan fingerprint density at radius 3 is 1.76 bits per heavy atom. The first kappa shape index (κ1) is 33.7. The highest BCUT2D eigenvalue weighted by atomic mass is 19.4. The quantitative estimate of drug-likeness (QED) is 0.0911. The number of hydrogen-bond acceptors (Lipinski definition) is 8. The molecule has 0 N–H and O–H groups in total. The van der Waals surface area contributed by atoms with Crippen molar-refractivity contribution in [3.63, 3.8) is 0 Å². The third-order valence-corrected chi connectivity index (χ3v) is 7.70. The van der Waals surface area contributed by atoms with Crippen LogP contribution in [0.1, 0.15) is 43.4 Å². The van der Waals surface area contributed by atoms with Crippen molar-refractivity contribution in [3.05, 3.63) is 99.6 Å². The second kappa shape index (κ2) is 12.5. The average molecular weight is 665 g/mol. The molecule has 4 aromatic rings. The molecule has 240 valence electrons. The normalized spacial score (nSPS) is 13.2. The molecule has 0 saturated carbocycles. The molecule has 2 heterocycles. The van der Waals surface area contributed by atoms with E-state index >= 15 is 0 Å². The molecule has 0 amide bonds. The maximum absolute atomic E-state index is 13.5. The Morgan fingerprint density at radius 2 is 1.27 bits per heavy atom. The van der Waals surface area contributed by atoms with E-state index in [2.05, 4.69) is 19.9 Å². The molecule has 1 aliphatic carbocycles. The van der Waals surface area contributed by atoms with Crippen molar-refractivity contribution in [1.82, 2.24) is 19.9 Å². The number of allylic oxidation sites excluding steroid dienone is 10. The van der Waals surface area contributed by atoms with Gasteiger partial charge < -0.3 is 0 Å². The lowest BCUT2D eigenvalue weighted by molar-refractivity contribution is -0.137. The van der Waals surface area contributed by atoms with Gasteiger partial charge in [0.1, 0.15) is 35.4 Å². The lowest BCUT2D eigenvalue weighted by Gasteiger charge is -2.13. The fraction of sp³-hybridized carbons (Fsp3) is 0.143. The van der Waals surface area contributed by atoms with Crippen LogP contribution in [0, 0.1) is 45.3 Å². The minimum Gasteiger partial charge on any atom is -0.244 e. The molecule has 14 heteroatoms. The van der Waals surface area contributed by atoms with E-state index in [1.54, 1.807) is 24.3 Å². The van der Waals surface area contributed by atoms with Crippen LogP contribution < -0.4 is 0 Å². The van der Waals surface area contributed by atoms with Crippen molar-refractivity contribution >= 4 is 38.8 Å². The second-order valence-corrected chi connectivity index (χ2v) is 10.6. The number of halogens is 6. The van der Waals surface area contributed by atoms with Gasteiger partial charge in [0.05, 0.1) is 56.0 Å². The van der Waals surface area contributed by atoms with E-state index in [4.69, 9.17) is 0 Å². The van der Waals surface area contributed by atoms with Gasteiger partial charge in [-0.1, -0.05) is 24.3 Å². The molecule has 0 fully saturated rings. The zero-order chi connectivity index (χ0) is 35.8. The minimum atomic E-state index is -4.64. The highest BCUT2D eigenvalue weighted by Crippen LogP contribution is 2.43. The highest BCUT2D eigenvalue weighted by molar-refractivity contribution is 6.05. The third kappa shape index (κ3) is 6.12. The van der Waals surface area contributed by atoms with Crippen molar-refractivity contribution in [2.24, 2.45) is 0 Å². The molecule has 0 spiro atoms. The lowest BCUT2D eigenvalue weighted by Crippen LogP contribution is -2.09. The second-order valence-electron chi connectivity index (χ2n) is 10.6. The van der Waals surface area contributed by atoms with Crippen LogP contribution in [-0.2, 0) is 6.18 Å². The maximum Gasteiger partial charge on any atom is 0.416 e. The van der Waals surface area contributed by atoms with Crippen molar-refractivity contribution in [2.45, 2.75) is 33.1 Å². The molecule has 8 nitrogen and oxygen atoms in total. The summed E-state index contributed by atoms with van der Waals surface area (Å²) in [6, 6.07) is 14.2. The first-order valence-electron chi connectivity index (χ1n) is 14.1. The number of nitrogens with zero attached hydrogens (tertiary/aromatic N) is 8. The molecule has 49 heavy (non-hydrogen) atoms. The van der Waals surface area contributed by atoms with Crippen LogP contribution in [0.2, 0.25) is 0 Å². The summed E-state index contributed by atoms with van der Waals surface area (Å²) in [5, 5.41) is 38.4. The number of benzene rings is 2. The molecule has 2 aromatic carbocycles. The molecule has 0 unspecified atom stereocenters. The Hall–Kier alpha value is -6.64. The van der Waals surface area contributed by atoms with Gasteiger partial charge in [-0.25, -0.2) is 19.9 Å². The Labute approximate surface area is 274 Å². The summed E-state index contributed by atoms with van der Waals surface area (Å²) in [5.41, 5.74) is -0.476. The van der Waals surface area contributed by atoms with Crippen LogP contribution in [0.25, 0.3) is 50.0 Å². The van der Waals surface area contributed by atoms with Crippen LogP contribution in [0.4, 0.5) is 26.3 Å². The fourth-order valence-electron chi connectivity index (χ4n) is 5.22. The molecular formula is C35H18F6N8. The Kier molecular flexibility index (Phi) is 8.61. The molecule has 0 radical (unpaired) electrons. The standard InChI is InChI=1S/C35H18F6N8/c1-4-22(34(36,37)38)9-10-24-18(3)29(21(15-44)16-45)33-32(24)48-27-11-25-26(12-28(27)49-33)47-31(30(46-25)17(2)20(13-42)14-43)19-5-7-23(8-6-19)35(39,40)41/h4-12H,1-3H3/b10-9-,22-4+. The summed E-state index contributed by atoms with van der Waals surface area (Å²) in [6.45, 7) is 4.20. The van der Waals surface area contributed by atoms with Crippen LogP contribution in [0.15, 0.2) is 76.9 Å². The number of hydrogen-bond donors (Lipinski definition) is 0. The summed E-state index contributed by atoms with van der Waals surface area (Å²) < 4.78 is 80.3. The fourth-order valence-corrected chi connectivity index (χ4v) is 5.22. The van der Waals surface area contributed by atoms with Crippen molar-refractivity contribution in [3.8, 4) is 35.5 Å². The lowest BCUT2D eigenvalue weighted by atomic mass is 10.0. The zero-order valence-corrected chi connectivity index (χ0v) is 25.5. The SMILES string of the molecule is C/C=C(\C=C/C1=C(C)C(=C(C#N)C#N)c2nc3cc4nc(-c5ccc(C(F)(F)F)cc5)c(C(C)=C(C#N)C#N)nc4cc3nc21)C(F)(F)F. The van der Waals surface area contributed by atoms with Crippen molar-refractivity contribution in [2.75, 3.05) is 0 Å². The van der Waals surface area contributed by atoms with Gasteiger partial charge in [-0.2, -0.15) is 47.4 Å². The van der Waals surface area contributed by atoms with Crippen molar-refractivity contribution < 1.29 is 26.3 Å². The molecule has 1 aliphatic rings. The van der Waals surface area contributed by atoms with Gasteiger partial charge in [0.15, 0.2) is 0 Å². The van der Waals surface area contributed by atoms with Crippen LogP contribution in [0.3, 0.4) is 0 Å². The van der Waals surface area contributed by atoms with E-state index in [1.807, 2.05) is 0 Å². The van der Waals surface area contributed by atoms with E-state index in [0.29, 0.717) is 5.57 Å². The number of aromatic nitrogens is 4. The summed E-state index contributed by atoms with van der Waals surface area (Å²) in [6.07, 6.45) is -6.31. The van der Waals surface area contributed by atoms with Gasteiger partial charge in [-0.15, -0.1) is 0 Å². The monoisotopic (exact) mass is 664 g/mol. The number of alkyl halides is 6. The van der Waals surface area contributed by atoms with Crippen molar-refractivity contribution in [1.29, 1.82) is 21.0 Å². The van der Waals surface area contributed by atoms with E-state index in [-0.39, 0.29) is 78.3 Å².